The molecule has 3 aromatic rings. The highest BCUT2D eigenvalue weighted by Crippen LogP contribution is 2.35. The van der Waals surface area contributed by atoms with E-state index in [1.807, 2.05) is 12.1 Å². The van der Waals surface area contributed by atoms with Gasteiger partial charge in [-0.2, -0.15) is 4.31 Å². The maximum Gasteiger partial charge on any atom is 0.320 e. The Morgan fingerprint density at radius 3 is 2.72 bits per heavy atom. The van der Waals surface area contributed by atoms with Gasteiger partial charge in [-0.05, 0) is 43.2 Å². The number of rotatable bonds is 5. The van der Waals surface area contributed by atoms with Gasteiger partial charge in [-0.15, -0.1) is 0 Å². The topological polar surface area (TPSA) is 107 Å². The smallest absolute Gasteiger partial charge is 0.320 e. The monoisotopic (exact) mass is 477 g/mol. The molecule has 0 atom stereocenters. The Kier molecular flexibility index (Phi) is 5.57. The second-order valence-electron chi connectivity index (χ2n) is 6.76. The first-order valence-electron chi connectivity index (χ1n) is 9.21. The average molecular weight is 478 g/mol. The molecule has 29 heavy (non-hydrogen) atoms. The van der Waals surface area contributed by atoms with Gasteiger partial charge in [-0.25, -0.2) is 13.2 Å². The van der Waals surface area contributed by atoms with Crippen molar-refractivity contribution in [3.63, 3.8) is 0 Å². The van der Waals surface area contributed by atoms with Crippen LogP contribution in [0.15, 0.2) is 52.0 Å². The van der Waals surface area contributed by atoms with Crippen LogP contribution >= 0.6 is 15.9 Å². The molecule has 152 valence electrons. The fourth-order valence-electron chi connectivity index (χ4n) is 3.38. The van der Waals surface area contributed by atoms with Crippen molar-refractivity contribution < 1.29 is 13.2 Å². The quantitative estimate of drug-likeness (QED) is 0.522. The molecule has 10 heteroatoms. The number of benzene rings is 1. The summed E-state index contributed by atoms with van der Waals surface area (Å²) in [5, 5.41) is 5.90. The van der Waals surface area contributed by atoms with Crippen LogP contribution in [0.5, 0.6) is 0 Å². The molecule has 0 unspecified atom stereocenters. The van der Waals surface area contributed by atoms with E-state index in [2.05, 4.69) is 36.5 Å². The lowest BCUT2D eigenvalue weighted by Crippen LogP contribution is -2.31. The maximum atomic E-state index is 13.3. The number of sulfonamides is 1. The summed E-state index contributed by atoms with van der Waals surface area (Å²) in [7, 11) is -3.76. The molecule has 8 nitrogen and oxygen atoms in total. The second-order valence-corrected chi connectivity index (χ2v) is 9.55. The summed E-state index contributed by atoms with van der Waals surface area (Å²) in [6.07, 6.45) is 3.31. The Hall–Kier alpha value is -2.43. The van der Waals surface area contributed by atoms with E-state index in [1.165, 1.54) is 4.31 Å². The largest absolute Gasteiger partial charge is 0.340 e. The van der Waals surface area contributed by atoms with E-state index in [9.17, 15) is 13.2 Å². The number of carbonyl (C=O) groups excluding carboxylic acids is 1. The number of amides is 2. The molecule has 2 aromatic heterocycles. The molecule has 3 heterocycles. The summed E-state index contributed by atoms with van der Waals surface area (Å²) >= 11 is 3.40. The minimum atomic E-state index is -3.76. The number of pyridine rings is 1. The molecular weight excluding hydrogens is 458 g/mol. The van der Waals surface area contributed by atoms with Crippen molar-refractivity contribution in [1.82, 2.24) is 19.6 Å². The predicted octanol–water partition coefficient (Wildman–Crippen LogP) is 3.43. The molecule has 0 spiro atoms. The number of urea groups is 1. The van der Waals surface area contributed by atoms with Crippen LogP contribution in [-0.2, 0) is 16.6 Å². The molecule has 0 aliphatic carbocycles. The number of hydrogen-bond donors (Lipinski definition) is 3. The lowest BCUT2D eigenvalue weighted by Gasteiger charge is -2.16. The Labute approximate surface area is 176 Å². The fourth-order valence-corrected chi connectivity index (χ4v) is 5.55. The van der Waals surface area contributed by atoms with Crippen molar-refractivity contribution in [2.24, 2.45) is 0 Å². The van der Waals surface area contributed by atoms with Crippen LogP contribution in [-0.4, -0.2) is 41.8 Å². The number of carbonyl (C=O) groups is 1. The van der Waals surface area contributed by atoms with Gasteiger partial charge in [0.05, 0.1) is 12.2 Å². The van der Waals surface area contributed by atoms with Gasteiger partial charge in [0.25, 0.3) is 0 Å². The first kappa shape index (κ1) is 19.9. The van der Waals surface area contributed by atoms with Gasteiger partial charge in [0.15, 0.2) is 0 Å². The third-order valence-electron chi connectivity index (χ3n) is 4.77. The number of H-pyrrole nitrogens is 1. The first-order valence-corrected chi connectivity index (χ1v) is 11.4. The molecule has 0 bridgehead atoms. The highest BCUT2D eigenvalue weighted by atomic mass is 79.9. The van der Waals surface area contributed by atoms with E-state index in [-0.39, 0.29) is 17.3 Å². The van der Waals surface area contributed by atoms with Gasteiger partial charge in [0.2, 0.25) is 10.0 Å². The van der Waals surface area contributed by atoms with Gasteiger partial charge >= 0.3 is 6.03 Å². The molecule has 3 N–H and O–H groups in total. The summed E-state index contributed by atoms with van der Waals surface area (Å²) < 4.78 is 28.8. The highest BCUT2D eigenvalue weighted by Gasteiger charge is 2.33. The van der Waals surface area contributed by atoms with Crippen molar-refractivity contribution in [3.8, 4) is 0 Å². The van der Waals surface area contributed by atoms with Crippen molar-refractivity contribution in [2.75, 3.05) is 18.4 Å². The summed E-state index contributed by atoms with van der Waals surface area (Å²) in [6.45, 7) is 1.19. The molecule has 1 aliphatic rings. The van der Waals surface area contributed by atoms with Crippen LogP contribution in [0.3, 0.4) is 0 Å². The van der Waals surface area contributed by atoms with E-state index < -0.39 is 16.1 Å². The van der Waals surface area contributed by atoms with Gasteiger partial charge in [-0.1, -0.05) is 22.0 Å². The average Bonchev–Trinajstić information content (AvgIpc) is 3.35. The van der Waals surface area contributed by atoms with E-state index in [0.717, 1.165) is 17.3 Å². The summed E-state index contributed by atoms with van der Waals surface area (Å²) in [6, 6.07) is 10.2. The van der Waals surface area contributed by atoms with E-state index in [0.29, 0.717) is 29.7 Å². The lowest BCUT2D eigenvalue weighted by molar-refractivity contribution is 0.251. The normalized spacial score (nSPS) is 14.9. The van der Waals surface area contributed by atoms with E-state index >= 15 is 0 Å². The van der Waals surface area contributed by atoms with Crippen molar-refractivity contribution in [2.45, 2.75) is 24.3 Å². The minimum Gasteiger partial charge on any atom is -0.340 e. The summed E-state index contributed by atoms with van der Waals surface area (Å²) in [4.78, 5) is 19.7. The van der Waals surface area contributed by atoms with Gasteiger partial charge in [-0.3, -0.25) is 10.3 Å². The molecule has 1 fully saturated rings. The SMILES string of the molecule is O=C(NCc1ccccn1)Nc1[nH]c2ccc(Br)cc2c1S(=O)(=O)N1CCCC1. The maximum absolute atomic E-state index is 13.3. The van der Waals surface area contributed by atoms with Crippen LogP contribution in [0.4, 0.5) is 10.6 Å². The predicted molar refractivity (Wildman–Crippen MR) is 114 cm³/mol. The van der Waals surface area contributed by atoms with Crippen molar-refractivity contribution in [3.05, 3.63) is 52.8 Å². The number of fused-ring (bicyclic) bond motifs is 1. The first-order chi connectivity index (χ1) is 13.9. The zero-order chi connectivity index (χ0) is 20.4. The number of nitrogens with zero attached hydrogens (tertiary/aromatic N) is 2. The molecule has 0 saturated carbocycles. The van der Waals surface area contributed by atoms with Crippen molar-refractivity contribution >= 4 is 48.7 Å². The third-order valence-corrected chi connectivity index (χ3v) is 7.25. The third kappa shape index (κ3) is 4.14. The zero-order valence-corrected chi connectivity index (χ0v) is 17.9. The standard InChI is InChI=1S/C19H20BrN5O3S/c20-13-6-7-16-15(11-13)17(29(27,28)25-9-3-4-10-25)18(23-16)24-19(26)22-12-14-5-1-2-8-21-14/h1-2,5-8,11,23H,3-4,9-10,12H2,(H2,22,24,26). The van der Waals surface area contributed by atoms with E-state index in [4.69, 9.17) is 0 Å². The van der Waals surface area contributed by atoms with Crippen molar-refractivity contribution in [1.29, 1.82) is 0 Å². The summed E-state index contributed by atoms with van der Waals surface area (Å²) in [5.74, 6) is 0.156. The number of hydrogen-bond acceptors (Lipinski definition) is 4. The molecule has 0 radical (unpaired) electrons. The summed E-state index contributed by atoms with van der Waals surface area (Å²) in [5.41, 5.74) is 1.33. The molecule has 1 saturated heterocycles. The van der Waals surface area contributed by atoms with E-state index in [1.54, 1.807) is 30.5 Å². The highest BCUT2D eigenvalue weighted by molar-refractivity contribution is 9.10. The van der Waals surface area contributed by atoms with Crippen LogP contribution in [0.1, 0.15) is 18.5 Å². The Morgan fingerprint density at radius 1 is 1.21 bits per heavy atom. The van der Waals surface area contributed by atoms with Crippen LogP contribution < -0.4 is 10.6 Å². The molecular formula is C19H20BrN5O3S. The lowest BCUT2D eigenvalue weighted by atomic mass is 10.2. The van der Waals surface area contributed by atoms with Crippen LogP contribution in [0.25, 0.3) is 10.9 Å². The molecule has 2 amide bonds. The number of nitrogens with one attached hydrogen (secondary N) is 3. The number of aromatic amines is 1. The molecule has 1 aromatic carbocycles. The number of anilines is 1. The van der Waals surface area contributed by atoms with Crippen LogP contribution in [0, 0.1) is 0 Å². The van der Waals surface area contributed by atoms with Gasteiger partial charge in [0.1, 0.15) is 10.7 Å². The second kappa shape index (κ2) is 8.13. The Balaban J connectivity index is 1.65. The minimum absolute atomic E-state index is 0.0867. The molecule has 4 rings (SSSR count). The van der Waals surface area contributed by atoms with Gasteiger partial charge < -0.3 is 10.3 Å². The van der Waals surface area contributed by atoms with Crippen LogP contribution in [0.2, 0.25) is 0 Å². The zero-order valence-electron chi connectivity index (χ0n) is 15.5. The van der Waals surface area contributed by atoms with Gasteiger partial charge in [0, 0.05) is 34.7 Å². The Morgan fingerprint density at radius 2 is 2.00 bits per heavy atom. The Bertz CT molecular complexity index is 1140. The number of aromatic nitrogens is 2. The number of halogens is 1. The fraction of sp³-hybridized carbons (Fsp3) is 0.263. The molecule has 1 aliphatic heterocycles.